The Bertz CT molecular complexity index is 666. The smallest absolute Gasteiger partial charge is 0.233 e. The van der Waals surface area contributed by atoms with E-state index in [0.717, 1.165) is 0 Å². The number of hydrogen-bond donors (Lipinski definition) is 2. The first-order valence-electron chi connectivity index (χ1n) is 6.03. The van der Waals surface area contributed by atoms with Gasteiger partial charge in [0, 0.05) is 6.07 Å². The summed E-state index contributed by atoms with van der Waals surface area (Å²) in [6.45, 7) is 3.56. The van der Waals surface area contributed by atoms with E-state index < -0.39 is 10.0 Å². The van der Waals surface area contributed by atoms with Crippen LogP contribution in [0.15, 0.2) is 22.7 Å². The first kappa shape index (κ1) is 14.3. The highest BCUT2D eigenvalue weighted by molar-refractivity contribution is 7.92. The summed E-state index contributed by atoms with van der Waals surface area (Å²) < 4.78 is 30.4. The fraction of sp³-hybridized carbons (Fsp3) is 0.364. The number of sulfonamides is 1. The molecule has 0 atom stereocenters. The standard InChI is InChI=1S/C11H15N5O3S/c1-3-6-20(17,18)16-10-5-4-9(13-14-10)12-11-7-8(2)19-15-11/h4-5,7H,3,6H2,1-2H3,(H,14,16)(H,12,13,15). The van der Waals surface area contributed by atoms with Gasteiger partial charge < -0.3 is 9.84 Å². The minimum atomic E-state index is -3.35. The molecule has 8 nitrogen and oxygen atoms in total. The van der Waals surface area contributed by atoms with Crippen molar-refractivity contribution in [2.45, 2.75) is 20.3 Å². The van der Waals surface area contributed by atoms with Crippen molar-refractivity contribution in [2.75, 3.05) is 15.8 Å². The molecule has 0 aliphatic carbocycles. The first-order valence-corrected chi connectivity index (χ1v) is 7.68. The third kappa shape index (κ3) is 3.92. The summed E-state index contributed by atoms with van der Waals surface area (Å²) in [5, 5.41) is 14.3. The van der Waals surface area contributed by atoms with Crippen LogP contribution in [0, 0.1) is 6.92 Å². The van der Waals surface area contributed by atoms with Crippen LogP contribution in [-0.4, -0.2) is 29.5 Å². The van der Waals surface area contributed by atoms with Gasteiger partial charge in [-0.15, -0.1) is 10.2 Å². The van der Waals surface area contributed by atoms with E-state index in [1.165, 1.54) is 6.07 Å². The maximum Gasteiger partial charge on any atom is 0.233 e. The molecule has 2 aromatic rings. The van der Waals surface area contributed by atoms with Gasteiger partial charge in [-0.2, -0.15) is 0 Å². The topological polar surface area (TPSA) is 110 Å². The van der Waals surface area contributed by atoms with E-state index in [2.05, 4.69) is 25.4 Å². The second kappa shape index (κ2) is 5.87. The number of anilines is 3. The van der Waals surface area contributed by atoms with Gasteiger partial charge in [0.25, 0.3) is 0 Å². The maximum atomic E-state index is 11.6. The van der Waals surface area contributed by atoms with Crippen LogP contribution in [0.25, 0.3) is 0 Å². The van der Waals surface area contributed by atoms with Gasteiger partial charge in [0.05, 0.1) is 5.75 Å². The molecule has 0 saturated heterocycles. The first-order chi connectivity index (χ1) is 9.48. The third-order valence-corrected chi connectivity index (χ3v) is 3.75. The Labute approximate surface area is 116 Å². The van der Waals surface area contributed by atoms with E-state index in [1.54, 1.807) is 26.0 Å². The van der Waals surface area contributed by atoms with Crippen LogP contribution in [0.4, 0.5) is 17.5 Å². The van der Waals surface area contributed by atoms with Crippen molar-refractivity contribution in [1.82, 2.24) is 15.4 Å². The van der Waals surface area contributed by atoms with Crippen LogP contribution in [0.2, 0.25) is 0 Å². The zero-order valence-corrected chi connectivity index (χ0v) is 11.9. The molecule has 0 aromatic carbocycles. The van der Waals surface area contributed by atoms with Crippen LogP contribution in [0.1, 0.15) is 19.1 Å². The Kier molecular flexibility index (Phi) is 4.18. The van der Waals surface area contributed by atoms with Crippen LogP contribution in [0.3, 0.4) is 0 Å². The molecule has 0 aliphatic heterocycles. The highest BCUT2D eigenvalue weighted by Crippen LogP contribution is 2.14. The molecule has 2 N–H and O–H groups in total. The van der Waals surface area contributed by atoms with Gasteiger partial charge in [0.1, 0.15) is 5.76 Å². The molecular formula is C11H15N5O3S. The summed E-state index contributed by atoms with van der Waals surface area (Å²) in [5.74, 6) is 1.85. The van der Waals surface area contributed by atoms with E-state index in [-0.39, 0.29) is 11.6 Å². The number of aromatic nitrogens is 3. The van der Waals surface area contributed by atoms with Crippen molar-refractivity contribution in [3.8, 4) is 0 Å². The molecule has 9 heteroatoms. The zero-order valence-electron chi connectivity index (χ0n) is 11.1. The van der Waals surface area contributed by atoms with Crippen molar-refractivity contribution >= 4 is 27.5 Å². The lowest BCUT2D eigenvalue weighted by atomic mass is 10.4. The van der Waals surface area contributed by atoms with Crippen LogP contribution < -0.4 is 10.0 Å². The van der Waals surface area contributed by atoms with Crippen molar-refractivity contribution in [1.29, 1.82) is 0 Å². The number of nitrogens with zero attached hydrogens (tertiary/aromatic N) is 3. The summed E-state index contributed by atoms with van der Waals surface area (Å²) in [6, 6.07) is 4.83. The third-order valence-electron chi connectivity index (χ3n) is 2.28. The second-order valence-corrected chi connectivity index (χ2v) is 6.01. The van der Waals surface area contributed by atoms with Gasteiger partial charge in [-0.25, -0.2) is 8.42 Å². The van der Waals surface area contributed by atoms with Crippen LogP contribution >= 0.6 is 0 Å². The predicted octanol–water partition coefficient (Wildman–Crippen LogP) is 1.67. The van der Waals surface area contributed by atoms with E-state index >= 15 is 0 Å². The number of hydrogen-bond acceptors (Lipinski definition) is 7. The summed E-state index contributed by atoms with van der Waals surface area (Å²) in [4.78, 5) is 0. The molecule has 2 aromatic heterocycles. The summed E-state index contributed by atoms with van der Waals surface area (Å²) >= 11 is 0. The monoisotopic (exact) mass is 297 g/mol. The van der Waals surface area contributed by atoms with Crippen molar-refractivity contribution in [2.24, 2.45) is 0 Å². The van der Waals surface area contributed by atoms with Gasteiger partial charge in [-0.05, 0) is 25.5 Å². The molecule has 0 saturated carbocycles. The fourth-order valence-corrected chi connectivity index (χ4v) is 2.56. The number of rotatable bonds is 6. The summed E-state index contributed by atoms with van der Waals surface area (Å²) in [5.41, 5.74) is 0. The Morgan fingerprint density at radius 1 is 1.20 bits per heavy atom. The van der Waals surface area contributed by atoms with Gasteiger partial charge in [0.15, 0.2) is 17.5 Å². The number of aryl methyl sites for hydroxylation is 1. The Morgan fingerprint density at radius 2 is 1.90 bits per heavy atom. The average Bonchev–Trinajstić information content (AvgIpc) is 2.77. The van der Waals surface area contributed by atoms with Crippen LogP contribution in [-0.2, 0) is 10.0 Å². The van der Waals surface area contributed by atoms with Gasteiger partial charge >= 0.3 is 0 Å². The Balaban J connectivity index is 2.03. The number of nitrogens with one attached hydrogen (secondary N) is 2. The second-order valence-electron chi connectivity index (χ2n) is 4.17. The average molecular weight is 297 g/mol. The minimum Gasteiger partial charge on any atom is -0.360 e. The largest absolute Gasteiger partial charge is 0.360 e. The summed E-state index contributed by atoms with van der Waals surface area (Å²) in [7, 11) is -3.35. The Hall–Kier alpha value is -2.16. The normalized spacial score (nSPS) is 11.3. The SMILES string of the molecule is CCCS(=O)(=O)Nc1ccc(Nc2cc(C)on2)nn1. The Morgan fingerprint density at radius 3 is 2.45 bits per heavy atom. The molecular weight excluding hydrogens is 282 g/mol. The lowest BCUT2D eigenvalue weighted by Crippen LogP contribution is -2.17. The highest BCUT2D eigenvalue weighted by Gasteiger charge is 2.10. The fourth-order valence-electron chi connectivity index (χ4n) is 1.49. The quantitative estimate of drug-likeness (QED) is 0.834. The molecule has 2 rings (SSSR count). The summed E-state index contributed by atoms with van der Waals surface area (Å²) in [6.07, 6.45) is 0.536. The van der Waals surface area contributed by atoms with Crippen molar-refractivity contribution in [3.63, 3.8) is 0 Å². The molecule has 0 amide bonds. The lowest BCUT2D eigenvalue weighted by molar-refractivity contribution is 0.400. The molecule has 0 fully saturated rings. The van der Waals surface area contributed by atoms with Crippen molar-refractivity contribution in [3.05, 3.63) is 24.0 Å². The molecule has 0 bridgehead atoms. The van der Waals surface area contributed by atoms with Gasteiger partial charge in [0.2, 0.25) is 10.0 Å². The van der Waals surface area contributed by atoms with E-state index in [4.69, 9.17) is 4.52 Å². The van der Waals surface area contributed by atoms with Gasteiger partial charge in [-0.1, -0.05) is 12.1 Å². The predicted molar refractivity (Wildman–Crippen MR) is 74.3 cm³/mol. The van der Waals surface area contributed by atoms with E-state index in [0.29, 0.717) is 23.8 Å². The molecule has 108 valence electrons. The molecule has 20 heavy (non-hydrogen) atoms. The van der Waals surface area contributed by atoms with E-state index in [1.807, 2.05) is 0 Å². The maximum absolute atomic E-state index is 11.6. The minimum absolute atomic E-state index is 0.0485. The lowest BCUT2D eigenvalue weighted by Gasteiger charge is -2.06. The zero-order chi connectivity index (χ0) is 14.6. The van der Waals surface area contributed by atoms with E-state index in [9.17, 15) is 8.42 Å². The molecule has 0 radical (unpaired) electrons. The van der Waals surface area contributed by atoms with Crippen LogP contribution in [0.5, 0.6) is 0 Å². The highest BCUT2D eigenvalue weighted by atomic mass is 32.2. The molecule has 0 unspecified atom stereocenters. The molecule has 2 heterocycles. The molecule has 0 aliphatic rings. The van der Waals surface area contributed by atoms with Gasteiger partial charge in [-0.3, -0.25) is 4.72 Å². The molecule has 0 spiro atoms. The van der Waals surface area contributed by atoms with Crippen molar-refractivity contribution < 1.29 is 12.9 Å².